The lowest BCUT2D eigenvalue weighted by molar-refractivity contribution is 0.447. The van der Waals surface area contributed by atoms with Crippen molar-refractivity contribution in [3.63, 3.8) is 0 Å². The van der Waals surface area contributed by atoms with Gasteiger partial charge in [-0.05, 0) is 23.6 Å². The van der Waals surface area contributed by atoms with Crippen LogP contribution >= 0.6 is 0 Å². The maximum absolute atomic E-state index is 5.72. The third kappa shape index (κ3) is 2.82. The number of hydrogen-bond donors (Lipinski definition) is 1. The summed E-state index contributed by atoms with van der Waals surface area (Å²) in [5, 5.41) is 11.6. The van der Waals surface area contributed by atoms with Crippen molar-refractivity contribution in [3.05, 3.63) is 41.3 Å². The Morgan fingerprint density at radius 2 is 1.90 bits per heavy atom. The second-order valence-electron chi connectivity index (χ2n) is 5.63. The number of benzene rings is 1. The predicted octanol–water partition coefficient (Wildman–Crippen LogP) is 2.34. The highest BCUT2D eigenvalue weighted by molar-refractivity contribution is 5.41. The molecule has 1 aliphatic rings. The Morgan fingerprint density at radius 1 is 1.20 bits per heavy atom. The molecule has 2 aromatic rings. The Labute approximate surface area is 119 Å². The van der Waals surface area contributed by atoms with Crippen molar-refractivity contribution in [1.29, 1.82) is 0 Å². The van der Waals surface area contributed by atoms with Crippen LogP contribution in [0.5, 0.6) is 0 Å². The van der Waals surface area contributed by atoms with E-state index in [2.05, 4.69) is 58.5 Å². The Morgan fingerprint density at radius 3 is 2.55 bits per heavy atom. The van der Waals surface area contributed by atoms with Crippen LogP contribution in [0.25, 0.3) is 0 Å². The first-order valence-electron chi connectivity index (χ1n) is 7.07. The summed E-state index contributed by atoms with van der Waals surface area (Å²) < 4.78 is 5.72. The van der Waals surface area contributed by atoms with Crippen molar-refractivity contribution < 1.29 is 4.42 Å². The number of nitrogens with one attached hydrogen (secondary N) is 1. The predicted molar refractivity (Wildman–Crippen MR) is 77.2 cm³/mol. The van der Waals surface area contributed by atoms with Crippen LogP contribution in [0.3, 0.4) is 0 Å². The molecule has 3 rings (SSSR count). The molecule has 1 aliphatic heterocycles. The lowest BCUT2D eigenvalue weighted by Crippen LogP contribution is -2.19. The van der Waals surface area contributed by atoms with E-state index in [0.29, 0.717) is 24.4 Å². The van der Waals surface area contributed by atoms with Crippen LogP contribution in [0.15, 0.2) is 28.7 Å². The molecule has 0 bridgehead atoms. The first-order valence-corrected chi connectivity index (χ1v) is 7.07. The maximum atomic E-state index is 5.72. The molecular weight excluding hydrogens is 252 g/mol. The number of aromatic nitrogens is 2. The third-order valence-electron chi connectivity index (χ3n) is 3.40. The molecule has 0 radical (unpaired) electrons. The van der Waals surface area contributed by atoms with Gasteiger partial charge in [-0.15, -0.1) is 5.10 Å². The molecule has 0 aliphatic carbocycles. The smallest absolute Gasteiger partial charge is 0.318 e. The highest BCUT2D eigenvalue weighted by atomic mass is 16.4. The second kappa shape index (κ2) is 5.63. The van der Waals surface area contributed by atoms with Gasteiger partial charge < -0.3 is 14.6 Å². The normalized spacial score (nSPS) is 14.1. The van der Waals surface area contributed by atoms with Crippen LogP contribution in [-0.4, -0.2) is 16.7 Å². The summed E-state index contributed by atoms with van der Waals surface area (Å²) in [5.74, 6) is 1.27. The van der Waals surface area contributed by atoms with E-state index in [1.54, 1.807) is 0 Å². The van der Waals surface area contributed by atoms with Crippen molar-refractivity contribution in [1.82, 2.24) is 15.5 Å². The topological polar surface area (TPSA) is 54.2 Å². The van der Waals surface area contributed by atoms with Crippen LogP contribution < -0.4 is 10.2 Å². The van der Waals surface area contributed by atoms with E-state index in [9.17, 15) is 0 Å². The fraction of sp³-hybridized carbons (Fsp3) is 0.467. The molecule has 0 saturated heterocycles. The van der Waals surface area contributed by atoms with Gasteiger partial charge in [-0.2, -0.15) is 0 Å². The minimum atomic E-state index is 0.613. The third-order valence-corrected chi connectivity index (χ3v) is 3.40. The summed E-state index contributed by atoms with van der Waals surface area (Å²) in [6, 6.07) is 9.05. The van der Waals surface area contributed by atoms with Crippen molar-refractivity contribution in [3.8, 4) is 0 Å². The van der Waals surface area contributed by atoms with Crippen LogP contribution in [0, 0.1) is 5.92 Å². The van der Waals surface area contributed by atoms with Crippen molar-refractivity contribution >= 4 is 6.01 Å². The van der Waals surface area contributed by atoms with Gasteiger partial charge in [0.1, 0.15) is 0 Å². The Bertz CT molecular complexity index is 554. The largest absolute Gasteiger partial charge is 0.407 e. The van der Waals surface area contributed by atoms with Crippen molar-refractivity contribution in [2.75, 3.05) is 11.4 Å². The van der Waals surface area contributed by atoms with Gasteiger partial charge in [-0.3, -0.25) is 0 Å². The number of rotatable bonds is 5. The zero-order valence-electron chi connectivity index (χ0n) is 12.0. The summed E-state index contributed by atoms with van der Waals surface area (Å²) in [5.41, 5.74) is 2.68. The molecule has 0 spiro atoms. The molecule has 5 heteroatoms. The minimum Gasteiger partial charge on any atom is -0.407 e. The molecule has 0 unspecified atom stereocenters. The van der Waals surface area contributed by atoms with Crippen LogP contribution in [0.1, 0.15) is 30.9 Å². The van der Waals surface area contributed by atoms with Crippen LogP contribution in [0.2, 0.25) is 0 Å². The Balaban J connectivity index is 1.61. The molecule has 1 aromatic carbocycles. The Kier molecular flexibility index (Phi) is 3.69. The highest BCUT2D eigenvalue weighted by Crippen LogP contribution is 2.26. The van der Waals surface area contributed by atoms with Gasteiger partial charge in [-0.25, -0.2) is 0 Å². The van der Waals surface area contributed by atoms with Gasteiger partial charge in [0.25, 0.3) is 0 Å². The van der Waals surface area contributed by atoms with Crippen molar-refractivity contribution in [2.24, 2.45) is 5.92 Å². The van der Waals surface area contributed by atoms with Gasteiger partial charge in [0.15, 0.2) is 0 Å². The summed E-state index contributed by atoms with van der Waals surface area (Å²) >= 11 is 0. The summed E-state index contributed by atoms with van der Waals surface area (Å²) in [4.78, 5) is 2.11. The van der Waals surface area contributed by atoms with Crippen LogP contribution in [0.4, 0.5) is 6.01 Å². The SMILES string of the molecule is CC(C)CNCc1nnc(N2Cc3ccccc3C2)o1. The average Bonchev–Trinajstić information content (AvgIpc) is 3.03. The average molecular weight is 272 g/mol. The fourth-order valence-electron chi connectivity index (χ4n) is 2.38. The molecule has 5 nitrogen and oxygen atoms in total. The van der Waals surface area contributed by atoms with Gasteiger partial charge >= 0.3 is 6.01 Å². The molecule has 0 amide bonds. The number of hydrogen-bond acceptors (Lipinski definition) is 5. The molecule has 106 valence electrons. The quantitative estimate of drug-likeness (QED) is 0.905. The lowest BCUT2D eigenvalue weighted by atomic mass is 10.1. The molecule has 20 heavy (non-hydrogen) atoms. The zero-order valence-corrected chi connectivity index (χ0v) is 12.0. The van der Waals surface area contributed by atoms with E-state index in [1.807, 2.05) is 0 Å². The Hall–Kier alpha value is -1.88. The maximum Gasteiger partial charge on any atom is 0.318 e. The summed E-state index contributed by atoms with van der Waals surface area (Å²) in [6.45, 7) is 7.62. The second-order valence-corrected chi connectivity index (χ2v) is 5.63. The standard InChI is InChI=1S/C15H20N4O/c1-11(2)7-16-8-14-17-18-15(20-14)19-9-12-5-3-4-6-13(12)10-19/h3-6,11,16H,7-10H2,1-2H3. The number of anilines is 1. The van der Waals surface area contributed by atoms with E-state index in [-0.39, 0.29) is 0 Å². The molecule has 1 aromatic heterocycles. The van der Waals surface area contributed by atoms with E-state index >= 15 is 0 Å². The molecule has 0 fully saturated rings. The molecule has 0 saturated carbocycles. The lowest BCUT2D eigenvalue weighted by Gasteiger charge is -2.10. The first kappa shape index (κ1) is 13.1. The van der Waals surface area contributed by atoms with E-state index in [1.165, 1.54) is 11.1 Å². The number of fused-ring (bicyclic) bond motifs is 1. The monoisotopic (exact) mass is 272 g/mol. The van der Waals surface area contributed by atoms with E-state index in [0.717, 1.165) is 19.6 Å². The van der Waals surface area contributed by atoms with Crippen LogP contribution in [-0.2, 0) is 19.6 Å². The first-order chi connectivity index (χ1) is 9.72. The van der Waals surface area contributed by atoms with Gasteiger partial charge in [0.05, 0.1) is 6.54 Å². The number of nitrogens with zero attached hydrogens (tertiary/aromatic N) is 3. The zero-order chi connectivity index (χ0) is 13.9. The highest BCUT2D eigenvalue weighted by Gasteiger charge is 2.22. The summed E-state index contributed by atoms with van der Waals surface area (Å²) in [7, 11) is 0. The molecule has 1 N–H and O–H groups in total. The molecular formula is C15H20N4O. The van der Waals surface area contributed by atoms with E-state index in [4.69, 9.17) is 4.42 Å². The molecule has 0 atom stereocenters. The van der Waals surface area contributed by atoms with Crippen molar-refractivity contribution in [2.45, 2.75) is 33.5 Å². The summed E-state index contributed by atoms with van der Waals surface area (Å²) in [6.07, 6.45) is 0. The van der Waals surface area contributed by atoms with Gasteiger partial charge in [-0.1, -0.05) is 43.2 Å². The van der Waals surface area contributed by atoms with Gasteiger partial charge in [0.2, 0.25) is 5.89 Å². The van der Waals surface area contributed by atoms with E-state index < -0.39 is 0 Å². The molecule has 2 heterocycles. The van der Waals surface area contributed by atoms with Gasteiger partial charge in [0, 0.05) is 13.1 Å². The fourth-order valence-corrected chi connectivity index (χ4v) is 2.38. The minimum absolute atomic E-state index is 0.613.